The number of carboxylic acids is 1. The summed E-state index contributed by atoms with van der Waals surface area (Å²) in [5, 5.41) is 10.9. The van der Waals surface area contributed by atoms with Crippen LogP contribution in [0.1, 0.15) is 47.8 Å². The number of benzene rings is 6. The molecule has 0 atom stereocenters. The van der Waals surface area contributed by atoms with Crippen LogP contribution in [0.25, 0.3) is 33.2 Å². The average Bonchev–Trinajstić information content (AvgIpc) is 3.34. The van der Waals surface area contributed by atoms with Crippen molar-refractivity contribution in [3.63, 3.8) is 0 Å². The molecule has 6 aromatic carbocycles. The molecule has 380 valence electrons. The predicted octanol–water partition coefficient (Wildman–Crippen LogP) is 9.74. The summed E-state index contributed by atoms with van der Waals surface area (Å²) in [5.41, 5.74) is 4.47. The van der Waals surface area contributed by atoms with Gasteiger partial charge in [-0.05, 0) is 103 Å². The minimum atomic E-state index is -4.55. The van der Waals surface area contributed by atoms with Gasteiger partial charge in [0.2, 0.25) is 0 Å². The van der Waals surface area contributed by atoms with Crippen molar-refractivity contribution < 1.29 is 64.5 Å². The highest BCUT2D eigenvalue weighted by atomic mass is 35.5. The van der Waals surface area contributed by atoms with Gasteiger partial charge in [0.1, 0.15) is 11.6 Å². The molecule has 0 spiro atoms. The molecule has 2 heterocycles. The van der Waals surface area contributed by atoms with Gasteiger partial charge in [-0.2, -0.15) is 26.3 Å². The number of methoxy groups -OCH3 is 3. The number of anilines is 2. The number of alkyl halides is 6. The standard InChI is InChI=1S/C25H20F3N3O3.C9H5NO5.C8H4ClF3O.C8H11NO2/c1-14-12-17(10-11-20(14)34-3)29-23(32)18-8-5-9-19-21(18)30-22(31(2)24(19)33)15-6-4-7-16(13-15)25(26,27)28;11-7(12)4-2-1-3-5-6(4)10-9(14)15-8(5)13;9-7(13)5-2-1-3-6(4-5)8(10,11)12;1-10-7-4-3-6(9)5-8(7)11-2/h4-13H,1-3H3,(H,29,32);1-3H,(H,10,14)(H,11,12);1-4H;3-5H,9H2,1-2H3. The number of fused-ring (bicyclic) bond motifs is 2. The molecule has 0 saturated heterocycles. The maximum absolute atomic E-state index is 13.2. The molecule has 0 aliphatic heterocycles. The maximum atomic E-state index is 13.2. The molecule has 8 aromatic rings. The van der Waals surface area contributed by atoms with E-state index in [4.69, 9.17) is 36.7 Å². The molecule has 0 saturated carbocycles. The predicted molar refractivity (Wildman–Crippen MR) is 259 cm³/mol. The number of aromatic amines is 1. The van der Waals surface area contributed by atoms with E-state index >= 15 is 0 Å². The molecule has 23 heteroatoms. The van der Waals surface area contributed by atoms with Crippen molar-refractivity contribution in [3.8, 4) is 28.6 Å². The first-order valence-electron chi connectivity index (χ1n) is 20.8. The maximum Gasteiger partial charge on any atom is 0.419 e. The van der Waals surface area contributed by atoms with Crippen molar-refractivity contribution in [1.29, 1.82) is 0 Å². The zero-order chi connectivity index (χ0) is 53.9. The lowest BCUT2D eigenvalue weighted by Gasteiger charge is -2.14. The number of ether oxygens (including phenoxy) is 3. The smallest absolute Gasteiger partial charge is 0.419 e. The number of nitrogens with two attached hydrogens (primary N) is 1. The number of para-hydroxylation sites is 2. The first-order chi connectivity index (χ1) is 34.4. The number of aromatic carboxylic acids is 1. The summed E-state index contributed by atoms with van der Waals surface area (Å²) in [6.45, 7) is 1.83. The van der Waals surface area contributed by atoms with E-state index in [1.54, 1.807) is 63.8 Å². The van der Waals surface area contributed by atoms with Crippen LogP contribution in [0.5, 0.6) is 17.2 Å². The summed E-state index contributed by atoms with van der Waals surface area (Å²) in [4.78, 5) is 76.1. The topological polar surface area (TPSA) is 235 Å². The van der Waals surface area contributed by atoms with Crippen molar-refractivity contribution in [2.75, 3.05) is 32.4 Å². The van der Waals surface area contributed by atoms with Crippen LogP contribution < -0.4 is 42.2 Å². The first-order valence-corrected chi connectivity index (χ1v) is 21.1. The Morgan fingerprint density at radius 3 is 1.89 bits per heavy atom. The molecule has 0 aliphatic rings. The fourth-order valence-corrected chi connectivity index (χ4v) is 6.82. The van der Waals surface area contributed by atoms with Gasteiger partial charge in [-0.3, -0.25) is 23.9 Å². The summed E-state index contributed by atoms with van der Waals surface area (Å²) in [5.74, 6) is -0.661. The molecule has 0 fully saturated rings. The largest absolute Gasteiger partial charge is 0.496 e. The lowest BCUT2D eigenvalue weighted by Crippen LogP contribution is -2.22. The van der Waals surface area contributed by atoms with Crippen LogP contribution >= 0.6 is 11.6 Å². The number of H-pyrrole nitrogens is 1. The van der Waals surface area contributed by atoms with Gasteiger partial charge in [0.05, 0.1) is 65.4 Å². The third-order valence-corrected chi connectivity index (χ3v) is 10.4. The van der Waals surface area contributed by atoms with Gasteiger partial charge in [0.15, 0.2) is 11.5 Å². The molecular formula is C50H40ClF6N5O11. The van der Waals surface area contributed by atoms with E-state index in [2.05, 4.69) is 19.7 Å². The lowest BCUT2D eigenvalue weighted by atomic mass is 10.1. The Morgan fingerprint density at radius 2 is 1.30 bits per heavy atom. The number of nitrogens with zero attached hydrogens (tertiary/aromatic N) is 2. The zero-order valence-corrected chi connectivity index (χ0v) is 39.5. The number of aryl methyl sites for hydroxylation is 1. The number of halogens is 7. The first kappa shape index (κ1) is 55.0. The molecular weight excluding hydrogens is 996 g/mol. The van der Waals surface area contributed by atoms with Crippen LogP contribution in [0.15, 0.2) is 140 Å². The molecule has 8 rings (SSSR count). The average molecular weight is 1040 g/mol. The molecule has 1 amide bonds. The summed E-state index contributed by atoms with van der Waals surface area (Å²) in [6, 6.07) is 27.6. The van der Waals surface area contributed by atoms with E-state index in [9.17, 15) is 55.1 Å². The van der Waals surface area contributed by atoms with E-state index in [1.165, 1.54) is 60.1 Å². The Bertz CT molecular complexity index is 3540. The number of aromatic nitrogens is 3. The number of hydrogen-bond acceptors (Lipinski definition) is 12. The van der Waals surface area contributed by atoms with Gasteiger partial charge in [-0.1, -0.05) is 36.4 Å². The monoisotopic (exact) mass is 1040 g/mol. The molecule has 0 bridgehead atoms. The van der Waals surface area contributed by atoms with Crippen molar-refractivity contribution in [3.05, 3.63) is 186 Å². The van der Waals surface area contributed by atoms with E-state index in [0.717, 1.165) is 35.9 Å². The van der Waals surface area contributed by atoms with Gasteiger partial charge >= 0.3 is 29.7 Å². The van der Waals surface area contributed by atoms with E-state index < -0.39 is 57.5 Å². The van der Waals surface area contributed by atoms with Gasteiger partial charge < -0.3 is 34.8 Å². The summed E-state index contributed by atoms with van der Waals surface area (Å²) in [7, 11) is 6.15. The van der Waals surface area contributed by atoms with Crippen LogP contribution in [0, 0.1) is 6.92 Å². The number of carbonyl (C=O) groups is 3. The molecule has 0 unspecified atom stereocenters. The van der Waals surface area contributed by atoms with Crippen molar-refractivity contribution in [1.82, 2.24) is 14.5 Å². The second-order valence-corrected chi connectivity index (χ2v) is 15.4. The fraction of sp³-hybridized carbons (Fsp3) is 0.140. The highest BCUT2D eigenvalue weighted by Crippen LogP contribution is 2.33. The van der Waals surface area contributed by atoms with E-state index in [-0.39, 0.29) is 49.9 Å². The van der Waals surface area contributed by atoms with Crippen LogP contribution in [-0.4, -0.2) is 58.1 Å². The fourth-order valence-electron chi connectivity index (χ4n) is 6.70. The van der Waals surface area contributed by atoms with Crippen molar-refractivity contribution in [2.45, 2.75) is 19.3 Å². The van der Waals surface area contributed by atoms with Gasteiger partial charge in [-0.15, -0.1) is 0 Å². The Morgan fingerprint density at radius 1 is 0.726 bits per heavy atom. The van der Waals surface area contributed by atoms with Gasteiger partial charge in [0.25, 0.3) is 16.7 Å². The van der Waals surface area contributed by atoms with Gasteiger partial charge in [-0.25, -0.2) is 19.4 Å². The molecule has 0 aliphatic carbocycles. The zero-order valence-electron chi connectivity index (χ0n) is 38.7. The Hall–Kier alpha value is -8.92. The summed E-state index contributed by atoms with van der Waals surface area (Å²) < 4.78 is 96.6. The highest BCUT2D eigenvalue weighted by molar-refractivity contribution is 6.67. The molecule has 5 N–H and O–H groups in total. The van der Waals surface area contributed by atoms with Crippen molar-refractivity contribution in [2.24, 2.45) is 7.05 Å². The number of nitrogens with one attached hydrogen (secondary N) is 2. The molecule has 0 radical (unpaired) electrons. The Labute approximate surface area is 413 Å². The molecule has 73 heavy (non-hydrogen) atoms. The highest BCUT2D eigenvalue weighted by Gasteiger charge is 2.32. The SMILES string of the molecule is COc1ccc(N)cc1OC.COc1ccc(NC(=O)c2cccc3c(=O)n(C)c(-c4cccc(C(F)(F)F)c4)nc23)cc1C.O=C(Cl)c1cccc(C(F)(F)F)c1.O=C(O)c1cccc2c(=O)oc(=O)[nH]c12. The van der Waals surface area contributed by atoms with E-state index in [0.29, 0.717) is 28.6 Å². The number of carbonyl (C=O) groups excluding carboxylic acids is 2. The normalized spacial score (nSPS) is 10.9. The summed E-state index contributed by atoms with van der Waals surface area (Å²) >= 11 is 5.02. The quantitative estimate of drug-likeness (QED) is 0.0631. The number of hydrogen-bond donors (Lipinski definition) is 4. The summed E-state index contributed by atoms with van der Waals surface area (Å²) in [6.07, 6.45) is -8.99. The molecule has 2 aromatic heterocycles. The lowest BCUT2D eigenvalue weighted by molar-refractivity contribution is -0.138. The Kier molecular flexibility index (Phi) is 17.6. The minimum absolute atomic E-state index is 0.0177. The number of rotatable bonds is 8. The third-order valence-electron chi connectivity index (χ3n) is 10.2. The number of nitrogen functional groups attached to an aromatic ring is 1. The number of carboxylic acid groups (broad SMARTS) is 1. The van der Waals surface area contributed by atoms with Crippen LogP contribution in [-0.2, 0) is 19.4 Å². The second-order valence-electron chi connectivity index (χ2n) is 15.0. The second kappa shape index (κ2) is 23.3. The Balaban J connectivity index is 0.000000208. The molecule has 16 nitrogen and oxygen atoms in total. The van der Waals surface area contributed by atoms with Crippen molar-refractivity contribution >= 4 is 61.9 Å². The minimum Gasteiger partial charge on any atom is -0.496 e. The van der Waals surface area contributed by atoms with Gasteiger partial charge in [0, 0.05) is 35.6 Å². The third kappa shape index (κ3) is 13.7. The van der Waals surface area contributed by atoms with E-state index in [1.807, 2.05) is 6.92 Å². The number of amides is 1. The van der Waals surface area contributed by atoms with Crippen LogP contribution in [0.4, 0.5) is 37.7 Å². The van der Waals surface area contributed by atoms with Crippen LogP contribution in [0.3, 0.4) is 0 Å². The van der Waals surface area contributed by atoms with Crippen LogP contribution in [0.2, 0.25) is 0 Å².